The summed E-state index contributed by atoms with van der Waals surface area (Å²) in [6, 6.07) is 3.44. The van der Waals surface area contributed by atoms with Crippen LogP contribution < -0.4 is 5.73 Å². The van der Waals surface area contributed by atoms with E-state index in [4.69, 9.17) is 40.5 Å². The summed E-state index contributed by atoms with van der Waals surface area (Å²) in [4.78, 5) is 0. The summed E-state index contributed by atoms with van der Waals surface area (Å²) >= 11 is 17.2. The summed E-state index contributed by atoms with van der Waals surface area (Å²) in [5.74, 6) is 0. The van der Waals surface area contributed by atoms with Crippen LogP contribution in [0.5, 0.6) is 0 Å². The lowest BCUT2D eigenvalue weighted by molar-refractivity contribution is 1.07. The highest BCUT2D eigenvalue weighted by atomic mass is 35.5. The summed E-state index contributed by atoms with van der Waals surface area (Å²) in [6.45, 7) is 0.371. The third-order valence-electron chi connectivity index (χ3n) is 1.34. The lowest BCUT2D eigenvalue weighted by Crippen LogP contribution is -1.97. The van der Waals surface area contributed by atoms with Crippen molar-refractivity contribution in [1.29, 1.82) is 0 Å². The summed E-state index contributed by atoms with van der Waals surface area (Å²) < 4.78 is 0. The van der Waals surface area contributed by atoms with E-state index in [2.05, 4.69) is 0 Å². The van der Waals surface area contributed by atoms with Crippen molar-refractivity contribution in [2.75, 3.05) is 0 Å². The molecule has 0 aromatic heterocycles. The van der Waals surface area contributed by atoms with Gasteiger partial charge in [-0.25, -0.2) is 0 Å². The number of nitrogens with two attached hydrogens (primary N) is 1. The van der Waals surface area contributed by atoms with E-state index >= 15 is 0 Å². The molecule has 0 spiro atoms. The number of hydrogen-bond donors (Lipinski definition) is 1. The minimum absolute atomic E-state index is 0.371. The maximum Gasteiger partial charge on any atom is 0.0781 e. The Hall–Kier alpha value is 0.0500. The first-order chi connectivity index (χ1) is 5.16. The van der Waals surface area contributed by atoms with Crippen LogP contribution in [0.1, 0.15) is 5.56 Å². The zero-order valence-corrected chi connectivity index (χ0v) is 7.84. The molecular formula is C7H6Cl3N. The molecule has 1 aromatic rings. The maximum atomic E-state index is 5.80. The fraction of sp³-hybridized carbons (Fsp3) is 0.143. The second-order valence-electron chi connectivity index (χ2n) is 2.04. The molecule has 1 nitrogen and oxygen atoms in total. The zero-order chi connectivity index (χ0) is 8.43. The summed E-state index contributed by atoms with van der Waals surface area (Å²) in [5.41, 5.74) is 6.19. The average Bonchev–Trinajstić information content (AvgIpc) is 2.01. The Bertz CT molecular complexity index is 273. The first-order valence-corrected chi connectivity index (χ1v) is 4.12. The van der Waals surface area contributed by atoms with Crippen LogP contribution in [0.3, 0.4) is 0 Å². The Labute approximate surface area is 80.0 Å². The highest BCUT2D eigenvalue weighted by molar-refractivity contribution is 6.48. The molecule has 60 valence electrons. The fourth-order valence-electron chi connectivity index (χ4n) is 0.724. The molecule has 4 heteroatoms. The Morgan fingerprint density at radius 3 is 2.27 bits per heavy atom. The Balaban J connectivity index is 3.25. The van der Waals surface area contributed by atoms with Gasteiger partial charge in [-0.2, -0.15) is 0 Å². The molecule has 0 saturated heterocycles. The molecule has 0 bridgehead atoms. The minimum Gasteiger partial charge on any atom is -0.326 e. The maximum absolute atomic E-state index is 5.80. The molecule has 1 aromatic carbocycles. The molecule has 0 saturated carbocycles. The smallest absolute Gasteiger partial charge is 0.0781 e. The zero-order valence-electron chi connectivity index (χ0n) is 5.57. The summed E-state index contributed by atoms with van der Waals surface area (Å²) in [7, 11) is 0. The van der Waals surface area contributed by atoms with Crippen LogP contribution in [0.25, 0.3) is 0 Å². The first kappa shape index (κ1) is 9.14. The van der Waals surface area contributed by atoms with Crippen molar-refractivity contribution < 1.29 is 0 Å². The van der Waals surface area contributed by atoms with Crippen LogP contribution >= 0.6 is 34.8 Å². The topological polar surface area (TPSA) is 26.0 Å². The molecule has 2 N–H and O–H groups in total. The average molecular weight is 210 g/mol. The van der Waals surface area contributed by atoms with Crippen molar-refractivity contribution in [3.8, 4) is 0 Å². The molecule has 0 unspecified atom stereocenters. The van der Waals surface area contributed by atoms with Gasteiger partial charge in [-0.15, -0.1) is 0 Å². The molecular weight excluding hydrogens is 204 g/mol. The molecule has 0 amide bonds. The van der Waals surface area contributed by atoms with Gasteiger partial charge in [0.05, 0.1) is 15.1 Å². The van der Waals surface area contributed by atoms with Gasteiger partial charge in [0.2, 0.25) is 0 Å². The summed E-state index contributed by atoms with van der Waals surface area (Å²) in [5, 5.41) is 1.27. The largest absolute Gasteiger partial charge is 0.326 e. The summed E-state index contributed by atoms with van der Waals surface area (Å²) in [6.07, 6.45) is 0. The third-order valence-corrected chi connectivity index (χ3v) is 2.67. The van der Waals surface area contributed by atoms with Crippen molar-refractivity contribution >= 4 is 34.8 Å². The van der Waals surface area contributed by atoms with E-state index in [0.29, 0.717) is 21.6 Å². The van der Waals surface area contributed by atoms with Gasteiger partial charge in [-0.1, -0.05) is 40.9 Å². The van der Waals surface area contributed by atoms with Gasteiger partial charge in [-0.3, -0.25) is 0 Å². The number of hydrogen-bond acceptors (Lipinski definition) is 1. The van der Waals surface area contributed by atoms with Crippen molar-refractivity contribution in [1.82, 2.24) is 0 Å². The van der Waals surface area contributed by atoms with E-state index in [1.807, 2.05) is 0 Å². The van der Waals surface area contributed by atoms with E-state index < -0.39 is 0 Å². The molecule has 0 radical (unpaired) electrons. The van der Waals surface area contributed by atoms with E-state index in [0.717, 1.165) is 5.56 Å². The van der Waals surface area contributed by atoms with Crippen LogP contribution in [0.4, 0.5) is 0 Å². The molecule has 0 aliphatic rings. The second kappa shape index (κ2) is 3.63. The van der Waals surface area contributed by atoms with Gasteiger partial charge in [0.1, 0.15) is 0 Å². The first-order valence-electron chi connectivity index (χ1n) is 2.99. The lowest BCUT2D eigenvalue weighted by Gasteiger charge is -2.03. The molecule has 0 aliphatic heterocycles. The van der Waals surface area contributed by atoms with Crippen LogP contribution in [0.15, 0.2) is 12.1 Å². The Morgan fingerprint density at radius 2 is 1.73 bits per heavy atom. The number of rotatable bonds is 1. The lowest BCUT2D eigenvalue weighted by atomic mass is 10.2. The van der Waals surface area contributed by atoms with Gasteiger partial charge < -0.3 is 5.73 Å². The highest BCUT2D eigenvalue weighted by Crippen LogP contribution is 2.32. The molecule has 0 atom stereocenters. The quantitative estimate of drug-likeness (QED) is 0.708. The van der Waals surface area contributed by atoms with Crippen LogP contribution in [-0.2, 0) is 6.54 Å². The van der Waals surface area contributed by atoms with Gasteiger partial charge in [-0.05, 0) is 11.6 Å². The Kier molecular flexibility index (Phi) is 3.02. The van der Waals surface area contributed by atoms with Crippen molar-refractivity contribution in [2.24, 2.45) is 5.73 Å². The van der Waals surface area contributed by atoms with Crippen LogP contribution in [0, 0.1) is 0 Å². The third kappa shape index (κ3) is 1.79. The van der Waals surface area contributed by atoms with Gasteiger partial charge in [0.25, 0.3) is 0 Å². The van der Waals surface area contributed by atoms with Crippen molar-refractivity contribution in [2.45, 2.75) is 6.54 Å². The van der Waals surface area contributed by atoms with E-state index in [9.17, 15) is 0 Å². The SMILES string of the molecule is NCc1ccc(Cl)c(Cl)c1Cl. The van der Waals surface area contributed by atoms with E-state index in [1.54, 1.807) is 12.1 Å². The molecule has 11 heavy (non-hydrogen) atoms. The van der Waals surface area contributed by atoms with E-state index in [-0.39, 0.29) is 0 Å². The predicted octanol–water partition coefficient (Wildman–Crippen LogP) is 3.11. The fourth-order valence-corrected chi connectivity index (χ4v) is 1.36. The standard InChI is InChI=1S/C7H6Cl3N/c8-5-2-1-4(3-11)6(9)7(5)10/h1-2H,3,11H2. The molecule has 0 heterocycles. The highest BCUT2D eigenvalue weighted by Gasteiger charge is 2.06. The normalized spacial score (nSPS) is 10.2. The molecule has 0 aliphatic carbocycles. The monoisotopic (exact) mass is 209 g/mol. The number of benzene rings is 1. The van der Waals surface area contributed by atoms with Crippen LogP contribution in [0.2, 0.25) is 15.1 Å². The molecule has 1 rings (SSSR count). The van der Waals surface area contributed by atoms with Crippen molar-refractivity contribution in [3.63, 3.8) is 0 Å². The predicted molar refractivity (Wildman–Crippen MR) is 49.4 cm³/mol. The number of halogens is 3. The van der Waals surface area contributed by atoms with Gasteiger partial charge in [0.15, 0.2) is 0 Å². The van der Waals surface area contributed by atoms with E-state index in [1.165, 1.54) is 0 Å². The van der Waals surface area contributed by atoms with Crippen molar-refractivity contribution in [3.05, 3.63) is 32.8 Å². The second-order valence-corrected chi connectivity index (χ2v) is 3.20. The van der Waals surface area contributed by atoms with Gasteiger partial charge in [0, 0.05) is 6.54 Å². The molecule has 0 fully saturated rings. The van der Waals surface area contributed by atoms with Crippen LogP contribution in [-0.4, -0.2) is 0 Å². The van der Waals surface area contributed by atoms with Gasteiger partial charge >= 0.3 is 0 Å². The Morgan fingerprint density at radius 1 is 1.09 bits per heavy atom. The minimum atomic E-state index is 0.371.